The van der Waals surface area contributed by atoms with E-state index in [0.717, 1.165) is 31.7 Å². The van der Waals surface area contributed by atoms with Crippen LogP contribution in [-0.4, -0.2) is 18.7 Å². The number of hydrogen-bond acceptors (Lipinski definition) is 2. The van der Waals surface area contributed by atoms with Crippen molar-refractivity contribution in [3.05, 3.63) is 35.4 Å². The Hall–Kier alpha value is -1.28. The third-order valence-corrected chi connectivity index (χ3v) is 3.39. The van der Waals surface area contributed by atoms with E-state index in [9.17, 15) is 0 Å². The second-order valence-corrected chi connectivity index (χ2v) is 6.24. The topological polar surface area (TPSA) is 21.3 Å². The van der Waals surface area contributed by atoms with Crippen molar-refractivity contribution < 1.29 is 4.74 Å². The number of ether oxygens (including phenoxy) is 1. The average Bonchev–Trinajstić information content (AvgIpc) is 2.81. The van der Waals surface area contributed by atoms with Crippen LogP contribution < -0.4 is 10.1 Å². The van der Waals surface area contributed by atoms with Crippen LogP contribution in [0.1, 0.15) is 45.2 Å². The van der Waals surface area contributed by atoms with Crippen LogP contribution >= 0.6 is 0 Å². The molecule has 19 heavy (non-hydrogen) atoms. The van der Waals surface area contributed by atoms with Crippen LogP contribution in [0.2, 0.25) is 0 Å². The van der Waals surface area contributed by atoms with Crippen molar-refractivity contribution in [1.29, 1.82) is 0 Å². The zero-order valence-electron chi connectivity index (χ0n) is 12.5. The lowest BCUT2D eigenvalue weighted by Crippen LogP contribution is -2.36. The number of allylic oxidation sites excluding steroid dienone is 1. The quantitative estimate of drug-likeness (QED) is 0.830. The van der Waals surface area contributed by atoms with Gasteiger partial charge in [0.1, 0.15) is 5.75 Å². The molecule has 0 amide bonds. The molecule has 0 fully saturated rings. The van der Waals surface area contributed by atoms with Gasteiger partial charge < -0.3 is 10.1 Å². The molecule has 1 aromatic carbocycles. The Morgan fingerprint density at radius 2 is 2.16 bits per heavy atom. The van der Waals surface area contributed by atoms with Gasteiger partial charge in [-0.1, -0.05) is 24.3 Å². The summed E-state index contributed by atoms with van der Waals surface area (Å²) in [6.45, 7) is 10.6. The summed E-state index contributed by atoms with van der Waals surface area (Å²) in [5.74, 6) is 1.10. The molecular weight excluding hydrogens is 234 g/mol. The molecule has 0 bridgehead atoms. The fourth-order valence-electron chi connectivity index (χ4n) is 2.37. The number of hydrogen-bond donors (Lipinski definition) is 1. The van der Waals surface area contributed by atoms with Crippen molar-refractivity contribution >= 4 is 5.57 Å². The molecule has 0 saturated carbocycles. The molecule has 0 spiro atoms. The molecule has 0 aliphatic carbocycles. The normalized spacial score (nSPS) is 15.3. The molecule has 0 saturated heterocycles. The van der Waals surface area contributed by atoms with E-state index >= 15 is 0 Å². The Morgan fingerprint density at radius 3 is 2.89 bits per heavy atom. The lowest BCUT2D eigenvalue weighted by molar-refractivity contribution is 0.356. The fraction of sp³-hybridized carbons (Fsp3) is 0.529. The standard InChI is InChI=1S/C17H25NO/c1-13(7-6-11-18-17(2,3)4)15-9-5-8-14-10-12-19-16(14)15/h5,7-9,18H,6,10-12H2,1-4H3/b13-7-. The molecule has 1 aliphatic rings. The van der Waals surface area contributed by atoms with E-state index in [4.69, 9.17) is 4.74 Å². The van der Waals surface area contributed by atoms with E-state index < -0.39 is 0 Å². The summed E-state index contributed by atoms with van der Waals surface area (Å²) >= 11 is 0. The summed E-state index contributed by atoms with van der Waals surface area (Å²) in [6, 6.07) is 6.46. The number of para-hydroxylation sites is 1. The lowest BCUT2D eigenvalue weighted by atomic mass is 10.0. The largest absolute Gasteiger partial charge is 0.492 e. The highest BCUT2D eigenvalue weighted by Gasteiger charge is 2.16. The van der Waals surface area contributed by atoms with E-state index in [0.29, 0.717) is 0 Å². The Morgan fingerprint density at radius 1 is 1.37 bits per heavy atom. The van der Waals surface area contributed by atoms with Crippen LogP contribution in [0, 0.1) is 0 Å². The first-order chi connectivity index (χ1) is 8.97. The predicted octanol–water partition coefficient (Wildman–Crippen LogP) is 3.80. The molecule has 2 rings (SSSR count). The Bertz CT molecular complexity index is 469. The minimum absolute atomic E-state index is 0.193. The van der Waals surface area contributed by atoms with Gasteiger partial charge in [-0.3, -0.25) is 0 Å². The Balaban J connectivity index is 2.00. The zero-order chi connectivity index (χ0) is 13.9. The van der Waals surface area contributed by atoms with Gasteiger partial charge in [0.25, 0.3) is 0 Å². The van der Waals surface area contributed by atoms with Crippen LogP contribution in [0.3, 0.4) is 0 Å². The number of nitrogens with one attached hydrogen (secondary N) is 1. The fourth-order valence-corrected chi connectivity index (χ4v) is 2.37. The van der Waals surface area contributed by atoms with Gasteiger partial charge in [-0.15, -0.1) is 0 Å². The van der Waals surface area contributed by atoms with E-state index in [1.807, 2.05) is 0 Å². The zero-order valence-corrected chi connectivity index (χ0v) is 12.5. The van der Waals surface area contributed by atoms with Crippen molar-refractivity contribution in [2.45, 2.75) is 46.1 Å². The third kappa shape index (κ3) is 3.84. The summed E-state index contributed by atoms with van der Waals surface area (Å²) in [6.07, 6.45) is 4.39. The predicted molar refractivity (Wildman–Crippen MR) is 81.7 cm³/mol. The Labute approximate surface area is 116 Å². The van der Waals surface area contributed by atoms with Gasteiger partial charge in [0.2, 0.25) is 0 Å². The van der Waals surface area contributed by atoms with Gasteiger partial charge in [-0.05, 0) is 51.8 Å². The van der Waals surface area contributed by atoms with Crippen LogP contribution in [0.4, 0.5) is 0 Å². The van der Waals surface area contributed by atoms with E-state index in [2.05, 4.69) is 57.3 Å². The third-order valence-electron chi connectivity index (χ3n) is 3.39. The van der Waals surface area contributed by atoms with Crippen molar-refractivity contribution in [2.75, 3.05) is 13.2 Å². The van der Waals surface area contributed by atoms with Crippen LogP contribution in [0.15, 0.2) is 24.3 Å². The number of benzene rings is 1. The van der Waals surface area contributed by atoms with E-state index in [-0.39, 0.29) is 5.54 Å². The number of rotatable bonds is 4. The second-order valence-electron chi connectivity index (χ2n) is 6.24. The molecule has 2 heteroatoms. The molecule has 0 unspecified atom stereocenters. The highest BCUT2D eigenvalue weighted by atomic mass is 16.5. The maximum Gasteiger partial charge on any atom is 0.130 e. The molecule has 1 heterocycles. The summed E-state index contributed by atoms with van der Waals surface area (Å²) in [5.41, 5.74) is 4.11. The maximum atomic E-state index is 5.75. The lowest BCUT2D eigenvalue weighted by Gasteiger charge is -2.19. The van der Waals surface area contributed by atoms with Crippen LogP contribution in [0.25, 0.3) is 5.57 Å². The molecule has 104 valence electrons. The minimum Gasteiger partial charge on any atom is -0.492 e. The van der Waals surface area contributed by atoms with Crippen molar-refractivity contribution in [3.8, 4) is 5.75 Å². The maximum absolute atomic E-state index is 5.75. The molecule has 1 aliphatic heterocycles. The monoisotopic (exact) mass is 259 g/mol. The van der Waals surface area contributed by atoms with Gasteiger partial charge in [-0.25, -0.2) is 0 Å². The Kier molecular flexibility index (Phi) is 4.31. The molecular formula is C17H25NO. The summed E-state index contributed by atoms with van der Waals surface area (Å²) < 4.78 is 5.75. The highest BCUT2D eigenvalue weighted by molar-refractivity contribution is 5.71. The van der Waals surface area contributed by atoms with Gasteiger partial charge in [0.05, 0.1) is 6.61 Å². The number of fused-ring (bicyclic) bond motifs is 1. The summed E-state index contributed by atoms with van der Waals surface area (Å²) in [4.78, 5) is 0. The molecule has 0 radical (unpaired) electrons. The average molecular weight is 259 g/mol. The van der Waals surface area contributed by atoms with Gasteiger partial charge >= 0.3 is 0 Å². The molecule has 1 N–H and O–H groups in total. The molecule has 0 aromatic heterocycles. The van der Waals surface area contributed by atoms with Crippen molar-refractivity contribution in [3.63, 3.8) is 0 Å². The summed E-state index contributed by atoms with van der Waals surface area (Å²) in [7, 11) is 0. The smallest absolute Gasteiger partial charge is 0.130 e. The molecule has 2 nitrogen and oxygen atoms in total. The van der Waals surface area contributed by atoms with Crippen LogP contribution in [-0.2, 0) is 6.42 Å². The van der Waals surface area contributed by atoms with Crippen LogP contribution in [0.5, 0.6) is 5.75 Å². The highest BCUT2D eigenvalue weighted by Crippen LogP contribution is 2.33. The van der Waals surface area contributed by atoms with E-state index in [1.165, 1.54) is 16.7 Å². The SMILES string of the molecule is C/C(=C/CCNC(C)(C)C)c1cccc2c1OCC2. The minimum atomic E-state index is 0.193. The van der Waals surface area contributed by atoms with Gasteiger partial charge in [0.15, 0.2) is 0 Å². The van der Waals surface area contributed by atoms with Crippen molar-refractivity contribution in [2.24, 2.45) is 0 Å². The molecule has 1 aromatic rings. The summed E-state index contributed by atoms with van der Waals surface area (Å²) in [5, 5.41) is 3.51. The first kappa shape index (κ1) is 14.1. The van der Waals surface area contributed by atoms with Gasteiger partial charge in [0, 0.05) is 17.5 Å². The first-order valence-corrected chi connectivity index (χ1v) is 7.14. The van der Waals surface area contributed by atoms with E-state index in [1.54, 1.807) is 0 Å². The molecule has 0 atom stereocenters. The second kappa shape index (κ2) is 5.79. The first-order valence-electron chi connectivity index (χ1n) is 7.14. The van der Waals surface area contributed by atoms with Gasteiger partial charge in [-0.2, -0.15) is 0 Å². The van der Waals surface area contributed by atoms with Crippen molar-refractivity contribution in [1.82, 2.24) is 5.32 Å².